The molecular weight excluding hydrogens is 372 g/mol. The van der Waals surface area contributed by atoms with E-state index in [2.05, 4.69) is 29.9 Å². The van der Waals surface area contributed by atoms with Gasteiger partial charge >= 0.3 is 0 Å². The van der Waals surface area contributed by atoms with Crippen LogP contribution in [0.1, 0.15) is 0 Å². The van der Waals surface area contributed by atoms with Gasteiger partial charge in [0.2, 0.25) is 0 Å². The molecular formula is C24H18N6. The molecule has 144 valence electrons. The fourth-order valence-corrected chi connectivity index (χ4v) is 2.74. The molecule has 6 aromatic heterocycles. The summed E-state index contributed by atoms with van der Waals surface area (Å²) < 4.78 is 0. The molecule has 6 nitrogen and oxygen atoms in total. The van der Waals surface area contributed by atoms with Crippen molar-refractivity contribution in [3.05, 3.63) is 110 Å². The fraction of sp³-hybridized carbons (Fsp3) is 0. The number of nitrogens with zero attached hydrogens (tertiary/aromatic N) is 6. The van der Waals surface area contributed by atoms with E-state index in [1.165, 1.54) is 0 Å². The monoisotopic (exact) mass is 390 g/mol. The topological polar surface area (TPSA) is 77.3 Å². The van der Waals surface area contributed by atoms with Crippen molar-refractivity contribution in [2.75, 3.05) is 0 Å². The van der Waals surface area contributed by atoms with Gasteiger partial charge in [-0.25, -0.2) is 9.97 Å². The highest BCUT2D eigenvalue weighted by Gasteiger charge is 1.89. The van der Waals surface area contributed by atoms with Gasteiger partial charge in [0.05, 0.1) is 17.2 Å². The maximum absolute atomic E-state index is 4.14. The van der Waals surface area contributed by atoms with Gasteiger partial charge in [-0.2, -0.15) is 0 Å². The third-order valence-corrected chi connectivity index (χ3v) is 4.19. The van der Waals surface area contributed by atoms with Crippen molar-refractivity contribution in [1.82, 2.24) is 29.9 Å². The van der Waals surface area contributed by atoms with E-state index in [9.17, 15) is 0 Å². The van der Waals surface area contributed by atoms with Crippen LogP contribution in [0.25, 0.3) is 32.8 Å². The van der Waals surface area contributed by atoms with Gasteiger partial charge < -0.3 is 0 Å². The van der Waals surface area contributed by atoms with Gasteiger partial charge in [0.25, 0.3) is 0 Å². The lowest BCUT2D eigenvalue weighted by Crippen LogP contribution is -1.78. The van der Waals surface area contributed by atoms with Crippen LogP contribution in [0, 0.1) is 0 Å². The maximum Gasteiger partial charge on any atom is 0.159 e. The number of pyridine rings is 6. The van der Waals surface area contributed by atoms with Gasteiger partial charge in [-0.3, -0.25) is 19.9 Å². The quantitative estimate of drug-likeness (QED) is 0.367. The maximum atomic E-state index is 4.14. The molecule has 0 saturated heterocycles. The van der Waals surface area contributed by atoms with E-state index in [4.69, 9.17) is 0 Å². The van der Waals surface area contributed by atoms with Crippen molar-refractivity contribution in [3.8, 4) is 0 Å². The van der Waals surface area contributed by atoms with E-state index in [0.717, 1.165) is 32.8 Å². The summed E-state index contributed by atoms with van der Waals surface area (Å²) in [4.78, 5) is 24.3. The zero-order valence-corrected chi connectivity index (χ0v) is 16.1. The molecule has 0 bridgehead atoms. The third-order valence-electron chi connectivity index (χ3n) is 4.19. The highest BCUT2D eigenvalue weighted by atomic mass is 14.8. The van der Waals surface area contributed by atoms with E-state index < -0.39 is 0 Å². The van der Waals surface area contributed by atoms with E-state index in [-0.39, 0.29) is 0 Å². The summed E-state index contributed by atoms with van der Waals surface area (Å²) in [5.41, 5.74) is 2.76. The van der Waals surface area contributed by atoms with Gasteiger partial charge in [0, 0.05) is 59.5 Å². The van der Waals surface area contributed by atoms with E-state index in [1.807, 2.05) is 66.9 Å². The molecule has 6 heteroatoms. The molecule has 0 radical (unpaired) electrons. The van der Waals surface area contributed by atoms with Gasteiger partial charge in [0.15, 0.2) is 5.65 Å². The Balaban J connectivity index is 0.000000109. The smallest absolute Gasteiger partial charge is 0.159 e. The first kappa shape index (κ1) is 19.0. The van der Waals surface area contributed by atoms with Crippen LogP contribution in [-0.2, 0) is 0 Å². The molecule has 0 amide bonds. The van der Waals surface area contributed by atoms with Crippen LogP contribution < -0.4 is 0 Å². The van der Waals surface area contributed by atoms with Crippen LogP contribution in [0.3, 0.4) is 0 Å². The number of rotatable bonds is 0. The zero-order chi connectivity index (χ0) is 20.4. The Bertz CT molecular complexity index is 1000. The largest absolute Gasteiger partial charge is 0.264 e. The molecule has 0 aliphatic rings. The summed E-state index contributed by atoms with van der Waals surface area (Å²) in [6, 6.07) is 19.5. The van der Waals surface area contributed by atoms with Crippen LogP contribution in [0.4, 0.5) is 0 Å². The van der Waals surface area contributed by atoms with Crippen LogP contribution in [0.5, 0.6) is 0 Å². The Hall–Kier alpha value is -4.32. The van der Waals surface area contributed by atoms with Crippen molar-refractivity contribution >= 4 is 32.8 Å². The molecule has 6 aromatic rings. The SMILES string of the molecule is c1cnc2ccncc2c1.c1cnc2cnccc2c1.c1cnc2ncccc2c1. The van der Waals surface area contributed by atoms with E-state index in [1.54, 1.807) is 43.4 Å². The normalized spacial score (nSPS) is 10.0. The Morgan fingerprint density at radius 2 is 0.967 bits per heavy atom. The lowest BCUT2D eigenvalue weighted by molar-refractivity contribution is 1.29. The highest BCUT2D eigenvalue weighted by Crippen LogP contribution is 2.07. The van der Waals surface area contributed by atoms with Crippen molar-refractivity contribution in [2.45, 2.75) is 0 Å². The van der Waals surface area contributed by atoms with Gasteiger partial charge in [-0.15, -0.1) is 0 Å². The summed E-state index contributed by atoms with van der Waals surface area (Å²) in [7, 11) is 0. The fourth-order valence-electron chi connectivity index (χ4n) is 2.74. The zero-order valence-electron chi connectivity index (χ0n) is 16.1. The average molecular weight is 390 g/mol. The number of aromatic nitrogens is 6. The molecule has 0 aliphatic carbocycles. The summed E-state index contributed by atoms with van der Waals surface area (Å²) in [6.45, 7) is 0. The van der Waals surface area contributed by atoms with Crippen LogP contribution in [0.15, 0.2) is 110 Å². The first-order chi connectivity index (χ1) is 14.9. The average Bonchev–Trinajstić information content (AvgIpc) is 2.85. The highest BCUT2D eigenvalue weighted by molar-refractivity contribution is 5.77. The standard InChI is InChI=1S/3C8H6N2/c1-3-7-4-2-6-10-8(7)9-5-1;1-2-7-6-9-5-3-8(7)10-4-1;1-2-7-3-5-9-6-8(7)10-4-1/h3*1-6H. The van der Waals surface area contributed by atoms with Crippen LogP contribution in [-0.4, -0.2) is 29.9 Å². The third kappa shape index (κ3) is 4.94. The van der Waals surface area contributed by atoms with E-state index in [0.29, 0.717) is 0 Å². The number of hydrogen-bond donors (Lipinski definition) is 0. The second-order valence-electron chi connectivity index (χ2n) is 6.20. The molecule has 0 N–H and O–H groups in total. The molecule has 0 aromatic carbocycles. The lowest BCUT2D eigenvalue weighted by atomic mass is 10.3. The number of fused-ring (bicyclic) bond motifs is 3. The molecule has 0 spiro atoms. The molecule has 0 fully saturated rings. The second-order valence-corrected chi connectivity index (χ2v) is 6.20. The van der Waals surface area contributed by atoms with Crippen LogP contribution >= 0.6 is 0 Å². The van der Waals surface area contributed by atoms with Crippen molar-refractivity contribution < 1.29 is 0 Å². The minimum absolute atomic E-state index is 0.810. The summed E-state index contributed by atoms with van der Waals surface area (Å²) in [5, 5.41) is 3.31. The molecule has 6 heterocycles. The minimum atomic E-state index is 0.810. The van der Waals surface area contributed by atoms with Crippen molar-refractivity contribution in [1.29, 1.82) is 0 Å². The van der Waals surface area contributed by atoms with Gasteiger partial charge in [-0.1, -0.05) is 6.07 Å². The van der Waals surface area contributed by atoms with Gasteiger partial charge in [-0.05, 0) is 54.6 Å². The molecule has 0 saturated carbocycles. The molecule has 30 heavy (non-hydrogen) atoms. The Labute approximate surface area is 173 Å². The Morgan fingerprint density at radius 3 is 1.63 bits per heavy atom. The molecule has 6 rings (SSSR count). The second kappa shape index (κ2) is 9.75. The lowest BCUT2D eigenvalue weighted by Gasteiger charge is -1.90. The molecule has 0 atom stereocenters. The first-order valence-electron chi connectivity index (χ1n) is 9.35. The minimum Gasteiger partial charge on any atom is -0.264 e. The van der Waals surface area contributed by atoms with Gasteiger partial charge in [0.1, 0.15) is 0 Å². The Morgan fingerprint density at radius 1 is 0.400 bits per heavy atom. The molecule has 0 aliphatic heterocycles. The Kier molecular flexibility index (Phi) is 6.18. The summed E-state index contributed by atoms with van der Waals surface area (Å²) >= 11 is 0. The molecule has 0 unspecified atom stereocenters. The summed E-state index contributed by atoms with van der Waals surface area (Å²) in [6.07, 6.45) is 14.1. The first-order valence-corrected chi connectivity index (χ1v) is 9.35. The van der Waals surface area contributed by atoms with E-state index >= 15 is 0 Å². The predicted molar refractivity (Wildman–Crippen MR) is 119 cm³/mol. The summed E-state index contributed by atoms with van der Waals surface area (Å²) in [5.74, 6) is 0. The van der Waals surface area contributed by atoms with Crippen molar-refractivity contribution in [2.24, 2.45) is 0 Å². The van der Waals surface area contributed by atoms with Crippen LogP contribution in [0.2, 0.25) is 0 Å². The number of hydrogen-bond acceptors (Lipinski definition) is 6. The predicted octanol–water partition coefficient (Wildman–Crippen LogP) is 4.89. The van der Waals surface area contributed by atoms with Crippen molar-refractivity contribution in [3.63, 3.8) is 0 Å².